The molecular formula is C60H43NSi. The van der Waals surface area contributed by atoms with Gasteiger partial charge in [0.2, 0.25) is 0 Å². The van der Waals surface area contributed by atoms with Gasteiger partial charge in [-0.25, -0.2) is 0 Å². The summed E-state index contributed by atoms with van der Waals surface area (Å²) in [6.07, 6.45) is 0. The van der Waals surface area contributed by atoms with E-state index in [1.807, 2.05) is 0 Å². The Hall–Kier alpha value is -7.78. The third-order valence-electron chi connectivity index (χ3n) is 12.6. The number of hydrogen-bond acceptors (Lipinski definition) is 1. The Kier molecular flexibility index (Phi) is 9.61. The molecule has 11 rings (SSSR count). The van der Waals surface area contributed by atoms with Crippen LogP contribution in [0.2, 0.25) is 0 Å². The quantitative estimate of drug-likeness (QED) is 0.131. The van der Waals surface area contributed by atoms with Gasteiger partial charge in [-0.1, -0.05) is 212 Å². The van der Waals surface area contributed by atoms with Crippen LogP contribution in [0.15, 0.2) is 261 Å². The predicted octanol–water partition coefficient (Wildman–Crippen LogP) is 13.2. The predicted molar refractivity (Wildman–Crippen MR) is 265 cm³/mol. The Labute approximate surface area is 365 Å². The molecule has 1 aliphatic rings. The molecule has 0 saturated carbocycles. The summed E-state index contributed by atoms with van der Waals surface area (Å²) in [5, 5.41) is 5.71. The highest BCUT2D eigenvalue weighted by molar-refractivity contribution is 7.22. The molecule has 0 saturated heterocycles. The fourth-order valence-electron chi connectivity index (χ4n) is 9.61. The Morgan fingerprint density at radius 1 is 0.226 bits per heavy atom. The zero-order valence-corrected chi connectivity index (χ0v) is 35.3. The van der Waals surface area contributed by atoms with Crippen LogP contribution in [0.3, 0.4) is 0 Å². The van der Waals surface area contributed by atoms with Gasteiger partial charge < -0.3 is 4.90 Å². The summed E-state index contributed by atoms with van der Waals surface area (Å²) in [6, 6.07) is 95.9. The van der Waals surface area contributed by atoms with Crippen molar-refractivity contribution in [3.63, 3.8) is 0 Å². The van der Waals surface area contributed by atoms with E-state index in [-0.39, 0.29) is 0 Å². The number of fused-ring (bicyclic) bond motifs is 3. The van der Waals surface area contributed by atoms with Gasteiger partial charge in [0.25, 0.3) is 0 Å². The van der Waals surface area contributed by atoms with E-state index in [1.54, 1.807) is 0 Å². The average molecular weight is 806 g/mol. The molecule has 0 N–H and O–H groups in total. The van der Waals surface area contributed by atoms with E-state index in [0.29, 0.717) is 0 Å². The first kappa shape index (κ1) is 37.2. The lowest BCUT2D eigenvalue weighted by Crippen LogP contribution is -2.72. The molecule has 0 unspecified atom stereocenters. The summed E-state index contributed by atoms with van der Waals surface area (Å²) >= 11 is 0. The molecule has 62 heavy (non-hydrogen) atoms. The third kappa shape index (κ3) is 6.59. The molecule has 0 bridgehead atoms. The zero-order valence-electron chi connectivity index (χ0n) is 34.3. The van der Waals surface area contributed by atoms with Crippen LogP contribution in [0.1, 0.15) is 0 Å². The lowest BCUT2D eigenvalue weighted by molar-refractivity contribution is 1.28. The van der Waals surface area contributed by atoms with E-state index >= 15 is 0 Å². The summed E-state index contributed by atoms with van der Waals surface area (Å²) in [4.78, 5) is 2.36. The van der Waals surface area contributed by atoms with E-state index in [9.17, 15) is 0 Å². The molecule has 2 heteroatoms. The number of nitrogens with zero attached hydrogens (tertiary/aromatic N) is 1. The molecule has 0 fully saturated rings. The van der Waals surface area contributed by atoms with Gasteiger partial charge in [0, 0.05) is 17.1 Å². The zero-order chi connectivity index (χ0) is 41.3. The van der Waals surface area contributed by atoms with Crippen LogP contribution in [0.25, 0.3) is 55.6 Å². The molecule has 0 radical (unpaired) electrons. The van der Waals surface area contributed by atoms with Gasteiger partial charge in [0.15, 0.2) is 8.07 Å². The number of hydrogen-bond donors (Lipinski definition) is 0. The van der Waals surface area contributed by atoms with Crippen molar-refractivity contribution in [1.29, 1.82) is 0 Å². The van der Waals surface area contributed by atoms with E-state index < -0.39 is 8.07 Å². The first-order chi connectivity index (χ1) is 30.7. The second-order valence-electron chi connectivity index (χ2n) is 16.1. The molecule has 0 aromatic heterocycles. The number of benzene rings is 10. The molecule has 10 aromatic carbocycles. The summed E-state index contributed by atoms with van der Waals surface area (Å²) in [5.74, 6) is 0. The van der Waals surface area contributed by atoms with Gasteiger partial charge in [-0.15, -0.1) is 0 Å². The fraction of sp³-hybridized carbons (Fsp3) is 0. The second-order valence-corrected chi connectivity index (χ2v) is 19.8. The lowest BCUT2D eigenvalue weighted by Gasteiger charge is -2.31. The maximum absolute atomic E-state index is 2.63. The second kappa shape index (κ2) is 16.0. The third-order valence-corrected chi connectivity index (χ3v) is 17.5. The maximum atomic E-state index is 2.46. The topological polar surface area (TPSA) is 3.24 Å². The maximum Gasteiger partial charge on any atom is 0.180 e. The number of rotatable bonds is 9. The van der Waals surface area contributed by atoms with E-state index in [1.165, 1.54) is 76.4 Å². The van der Waals surface area contributed by atoms with Gasteiger partial charge in [0.1, 0.15) is 0 Å². The standard InChI is InChI=1S/C60H43NSi/c1-6-16-44(17-7-1)47-26-34-52(35-27-47)61(53-36-28-48(29-37-53)45-18-8-2-9-19-45)54-38-30-49(31-39-54)51-33-41-60-58(43-51)57-42-50(46-20-10-3-11-21-46)32-40-59(57)62(60,55-22-12-4-13-23-55)56-24-14-5-15-25-56/h1-43H. The van der Waals surface area contributed by atoms with Gasteiger partial charge in [-0.05, 0) is 125 Å². The van der Waals surface area contributed by atoms with Crippen molar-refractivity contribution in [2.75, 3.05) is 4.90 Å². The largest absolute Gasteiger partial charge is 0.311 e. The van der Waals surface area contributed by atoms with Crippen molar-refractivity contribution in [3.8, 4) is 55.6 Å². The summed E-state index contributed by atoms with van der Waals surface area (Å²) in [7, 11) is -2.63. The summed E-state index contributed by atoms with van der Waals surface area (Å²) < 4.78 is 0. The minimum atomic E-state index is -2.63. The first-order valence-corrected chi connectivity index (χ1v) is 23.4. The van der Waals surface area contributed by atoms with Gasteiger partial charge >= 0.3 is 0 Å². The van der Waals surface area contributed by atoms with Crippen molar-refractivity contribution >= 4 is 45.9 Å². The van der Waals surface area contributed by atoms with Crippen molar-refractivity contribution in [3.05, 3.63) is 261 Å². The highest BCUT2D eigenvalue weighted by Crippen LogP contribution is 2.39. The molecule has 0 spiro atoms. The van der Waals surface area contributed by atoms with Crippen LogP contribution in [0.4, 0.5) is 17.1 Å². The van der Waals surface area contributed by atoms with Crippen molar-refractivity contribution < 1.29 is 0 Å². The molecule has 0 aliphatic carbocycles. The lowest BCUT2D eigenvalue weighted by atomic mass is 9.96. The molecular weight excluding hydrogens is 763 g/mol. The Morgan fingerprint density at radius 2 is 0.484 bits per heavy atom. The van der Waals surface area contributed by atoms with Gasteiger partial charge in [-0.3, -0.25) is 0 Å². The fourth-order valence-corrected chi connectivity index (χ4v) is 14.7. The molecule has 10 aromatic rings. The highest BCUT2D eigenvalue weighted by Gasteiger charge is 2.48. The van der Waals surface area contributed by atoms with Crippen LogP contribution in [0, 0.1) is 0 Å². The summed E-state index contributed by atoms with van der Waals surface area (Å²) in [6.45, 7) is 0. The van der Waals surface area contributed by atoms with E-state index in [2.05, 4.69) is 266 Å². The van der Waals surface area contributed by atoms with Crippen molar-refractivity contribution in [2.45, 2.75) is 0 Å². The highest BCUT2D eigenvalue weighted by atomic mass is 28.3. The Morgan fingerprint density at radius 3 is 0.823 bits per heavy atom. The van der Waals surface area contributed by atoms with Crippen LogP contribution < -0.4 is 25.6 Å². The molecule has 292 valence electrons. The van der Waals surface area contributed by atoms with Gasteiger partial charge in [0.05, 0.1) is 0 Å². The van der Waals surface area contributed by atoms with Crippen LogP contribution in [0.5, 0.6) is 0 Å². The van der Waals surface area contributed by atoms with Crippen LogP contribution >= 0.6 is 0 Å². The minimum Gasteiger partial charge on any atom is -0.311 e. The SMILES string of the molecule is c1ccc(-c2ccc(N(c3ccc(-c4ccccc4)cc3)c3ccc(-c4ccc5c(c4)-c4cc(-c6ccccc6)ccc4[Si]5(c4ccccc4)c4ccccc4)cc3)cc2)cc1. The van der Waals surface area contributed by atoms with Crippen LogP contribution in [-0.4, -0.2) is 8.07 Å². The molecule has 1 heterocycles. The smallest absolute Gasteiger partial charge is 0.180 e. The minimum absolute atomic E-state index is 1.10. The monoisotopic (exact) mass is 805 g/mol. The average Bonchev–Trinajstić information content (AvgIpc) is 3.66. The Bertz CT molecular complexity index is 2990. The van der Waals surface area contributed by atoms with Crippen LogP contribution in [-0.2, 0) is 0 Å². The number of anilines is 3. The summed E-state index contributed by atoms with van der Waals surface area (Å²) in [5.41, 5.74) is 15.7. The molecule has 1 aliphatic heterocycles. The van der Waals surface area contributed by atoms with Crippen molar-refractivity contribution in [1.82, 2.24) is 0 Å². The normalized spacial score (nSPS) is 12.3. The molecule has 0 amide bonds. The van der Waals surface area contributed by atoms with E-state index in [0.717, 1.165) is 17.1 Å². The van der Waals surface area contributed by atoms with Crippen molar-refractivity contribution in [2.24, 2.45) is 0 Å². The van der Waals surface area contributed by atoms with E-state index in [4.69, 9.17) is 0 Å². The van der Waals surface area contributed by atoms with Gasteiger partial charge in [-0.2, -0.15) is 0 Å². The Balaban J connectivity index is 1.02. The first-order valence-electron chi connectivity index (χ1n) is 21.4. The molecule has 1 nitrogen and oxygen atoms in total. The molecule has 0 atom stereocenters.